The molecule has 4 nitrogen and oxygen atoms in total. The number of nitrogens with one attached hydrogen (secondary N) is 2. The molecular formula is C18H29FN4. The molecule has 0 atom stereocenters. The second-order valence-corrected chi connectivity index (χ2v) is 6.09. The number of aliphatic imine (C=N–C) groups is 1. The van der Waals surface area contributed by atoms with E-state index in [4.69, 9.17) is 0 Å². The third-order valence-corrected chi connectivity index (χ3v) is 4.12. The van der Waals surface area contributed by atoms with Gasteiger partial charge in [-0.15, -0.1) is 0 Å². The molecule has 0 bridgehead atoms. The maximum absolute atomic E-state index is 13.2. The predicted molar refractivity (Wildman–Crippen MR) is 94.1 cm³/mol. The van der Waals surface area contributed by atoms with Gasteiger partial charge in [-0.1, -0.05) is 19.1 Å². The third kappa shape index (κ3) is 6.18. The number of halogens is 1. The van der Waals surface area contributed by atoms with Gasteiger partial charge in [0.2, 0.25) is 0 Å². The number of likely N-dealkylation sites (tertiary alicyclic amines) is 1. The Kier molecular flexibility index (Phi) is 7.33. The highest BCUT2D eigenvalue weighted by atomic mass is 19.1. The fourth-order valence-electron chi connectivity index (χ4n) is 2.94. The highest BCUT2D eigenvalue weighted by Gasteiger charge is 2.19. The molecule has 0 aromatic heterocycles. The van der Waals surface area contributed by atoms with Crippen molar-refractivity contribution in [3.63, 3.8) is 0 Å². The summed E-state index contributed by atoms with van der Waals surface area (Å²) in [5.74, 6) is 0.615. The lowest BCUT2D eigenvalue weighted by Crippen LogP contribution is -2.48. The molecule has 0 saturated carbocycles. The quantitative estimate of drug-likeness (QED) is 0.625. The summed E-state index contributed by atoms with van der Waals surface area (Å²) >= 11 is 0. The Hall–Kier alpha value is -1.62. The van der Waals surface area contributed by atoms with Crippen molar-refractivity contribution in [1.29, 1.82) is 0 Å². The predicted octanol–water partition coefficient (Wildman–Crippen LogP) is 2.76. The molecule has 0 radical (unpaired) electrons. The van der Waals surface area contributed by atoms with Crippen LogP contribution in [0.1, 0.15) is 38.7 Å². The van der Waals surface area contributed by atoms with Crippen LogP contribution in [0, 0.1) is 5.82 Å². The summed E-state index contributed by atoms with van der Waals surface area (Å²) < 4.78 is 13.2. The zero-order valence-electron chi connectivity index (χ0n) is 14.3. The van der Waals surface area contributed by atoms with Crippen LogP contribution in [0.15, 0.2) is 29.3 Å². The fourth-order valence-corrected chi connectivity index (χ4v) is 2.94. The van der Waals surface area contributed by atoms with Gasteiger partial charge >= 0.3 is 0 Å². The summed E-state index contributed by atoms with van der Waals surface area (Å²) in [7, 11) is 0. The van der Waals surface area contributed by atoms with Crippen LogP contribution in [0.3, 0.4) is 0 Å². The molecule has 1 saturated heterocycles. The monoisotopic (exact) mass is 320 g/mol. The molecule has 23 heavy (non-hydrogen) atoms. The first-order chi connectivity index (χ1) is 11.2. The van der Waals surface area contributed by atoms with Gasteiger partial charge in [-0.3, -0.25) is 0 Å². The molecule has 1 fully saturated rings. The minimum atomic E-state index is -0.209. The molecule has 1 aromatic carbocycles. The summed E-state index contributed by atoms with van der Waals surface area (Å²) in [6, 6.07) is 7.09. The van der Waals surface area contributed by atoms with E-state index in [9.17, 15) is 4.39 Å². The third-order valence-electron chi connectivity index (χ3n) is 4.12. The SMILES string of the molecule is CCCN1CCC(NC(=NCc2cccc(F)c2)NCC)CC1. The van der Waals surface area contributed by atoms with E-state index in [1.807, 2.05) is 6.07 Å². The van der Waals surface area contributed by atoms with Gasteiger partial charge < -0.3 is 15.5 Å². The van der Waals surface area contributed by atoms with Crippen LogP contribution in [-0.2, 0) is 6.54 Å². The number of benzene rings is 1. The smallest absolute Gasteiger partial charge is 0.191 e. The molecule has 0 unspecified atom stereocenters. The second-order valence-electron chi connectivity index (χ2n) is 6.09. The van der Waals surface area contributed by atoms with Crippen molar-refractivity contribution in [3.05, 3.63) is 35.6 Å². The first-order valence-electron chi connectivity index (χ1n) is 8.73. The van der Waals surface area contributed by atoms with E-state index < -0.39 is 0 Å². The van der Waals surface area contributed by atoms with Crippen molar-refractivity contribution in [1.82, 2.24) is 15.5 Å². The van der Waals surface area contributed by atoms with Crippen molar-refractivity contribution >= 4 is 5.96 Å². The number of rotatable bonds is 6. The van der Waals surface area contributed by atoms with Gasteiger partial charge in [-0.25, -0.2) is 9.38 Å². The van der Waals surface area contributed by atoms with Crippen molar-refractivity contribution in [2.45, 2.75) is 45.7 Å². The Morgan fingerprint density at radius 3 is 2.74 bits per heavy atom. The summed E-state index contributed by atoms with van der Waals surface area (Å²) in [5.41, 5.74) is 0.889. The topological polar surface area (TPSA) is 39.7 Å². The van der Waals surface area contributed by atoms with E-state index in [-0.39, 0.29) is 5.82 Å². The molecule has 1 heterocycles. The van der Waals surface area contributed by atoms with E-state index in [0.717, 1.165) is 44.0 Å². The van der Waals surface area contributed by atoms with Crippen molar-refractivity contribution in [2.75, 3.05) is 26.2 Å². The van der Waals surface area contributed by atoms with Crippen molar-refractivity contribution in [2.24, 2.45) is 4.99 Å². The highest BCUT2D eigenvalue weighted by Crippen LogP contribution is 2.11. The number of guanidine groups is 1. The van der Waals surface area contributed by atoms with Gasteiger partial charge in [0.1, 0.15) is 5.82 Å². The van der Waals surface area contributed by atoms with Gasteiger partial charge in [-0.2, -0.15) is 0 Å². The molecule has 1 aromatic rings. The Bertz CT molecular complexity index is 496. The molecule has 2 rings (SSSR count). The van der Waals surface area contributed by atoms with E-state index >= 15 is 0 Å². The van der Waals surface area contributed by atoms with E-state index in [0.29, 0.717) is 12.6 Å². The molecule has 1 aliphatic rings. The first kappa shape index (κ1) is 17.7. The average Bonchev–Trinajstić information content (AvgIpc) is 2.55. The number of hydrogen-bond donors (Lipinski definition) is 2. The van der Waals surface area contributed by atoms with Crippen LogP contribution >= 0.6 is 0 Å². The molecule has 5 heteroatoms. The molecule has 0 spiro atoms. The van der Waals surface area contributed by atoms with Crippen LogP contribution < -0.4 is 10.6 Å². The van der Waals surface area contributed by atoms with E-state index in [2.05, 4.69) is 34.4 Å². The normalized spacial score (nSPS) is 17.3. The second kappa shape index (κ2) is 9.50. The summed E-state index contributed by atoms with van der Waals surface area (Å²) in [6.07, 6.45) is 3.50. The van der Waals surface area contributed by atoms with Gasteiger partial charge in [0.15, 0.2) is 5.96 Å². The minimum Gasteiger partial charge on any atom is -0.357 e. The molecular weight excluding hydrogens is 291 g/mol. The molecule has 2 N–H and O–H groups in total. The van der Waals surface area contributed by atoms with Gasteiger partial charge in [0, 0.05) is 25.7 Å². The van der Waals surface area contributed by atoms with Crippen molar-refractivity contribution < 1.29 is 4.39 Å². The average molecular weight is 320 g/mol. The summed E-state index contributed by atoms with van der Waals surface area (Å²) in [6.45, 7) is 9.09. The Labute approximate surface area is 139 Å². The molecule has 0 amide bonds. The van der Waals surface area contributed by atoms with Gasteiger partial charge in [0.25, 0.3) is 0 Å². The lowest BCUT2D eigenvalue weighted by Gasteiger charge is -2.32. The lowest BCUT2D eigenvalue weighted by molar-refractivity contribution is 0.206. The maximum atomic E-state index is 13.2. The van der Waals surface area contributed by atoms with Crippen molar-refractivity contribution in [3.8, 4) is 0 Å². The standard InChI is InChI=1S/C18H29FN4/c1-3-10-23-11-8-17(9-12-23)22-18(20-4-2)21-14-15-6-5-7-16(19)13-15/h5-7,13,17H,3-4,8-12,14H2,1-2H3,(H2,20,21,22). The fraction of sp³-hybridized carbons (Fsp3) is 0.611. The van der Waals surface area contributed by atoms with Gasteiger partial charge in [-0.05, 0) is 50.4 Å². The largest absolute Gasteiger partial charge is 0.357 e. The van der Waals surface area contributed by atoms with Crippen LogP contribution in [0.2, 0.25) is 0 Å². The Balaban J connectivity index is 1.87. The molecule has 1 aliphatic heterocycles. The Morgan fingerprint density at radius 2 is 2.09 bits per heavy atom. The molecule has 128 valence electrons. The number of piperidine rings is 1. The first-order valence-corrected chi connectivity index (χ1v) is 8.73. The zero-order chi connectivity index (χ0) is 16.5. The van der Waals surface area contributed by atoms with Crippen LogP contribution in [0.25, 0.3) is 0 Å². The van der Waals surface area contributed by atoms with Crippen LogP contribution in [-0.4, -0.2) is 43.1 Å². The number of hydrogen-bond acceptors (Lipinski definition) is 2. The molecule has 0 aliphatic carbocycles. The van der Waals surface area contributed by atoms with E-state index in [1.54, 1.807) is 6.07 Å². The highest BCUT2D eigenvalue weighted by molar-refractivity contribution is 5.80. The van der Waals surface area contributed by atoms with E-state index in [1.165, 1.54) is 25.1 Å². The van der Waals surface area contributed by atoms with Crippen LogP contribution in [0.5, 0.6) is 0 Å². The summed E-state index contributed by atoms with van der Waals surface area (Å²) in [4.78, 5) is 7.11. The lowest BCUT2D eigenvalue weighted by atomic mass is 10.1. The summed E-state index contributed by atoms with van der Waals surface area (Å²) in [5, 5.41) is 6.81. The number of nitrogens with zero attached hydrogens (tertiary/aromatic N) is 2. The maximum Gasteiger partial charge on any atom is 0.191 e. The zero-order valence-corrected chi connectivity index (χ0v) is 14.3. The van der Waals surface area contributed by atoms with Crippen LogP contribution in [0.4, 0.5) is 4.39 Å². The Morgan fingerprint density at radius 1 is 1.30 bits per heavy atom. The van der Waals surface area contributed by atoms with Gasteiger partial charge in [0.05, 0.1) is 6.54 Å². The minimum absolute atomic E-state index is 0.209.